The van der Waals surface area contributed by atoms with Crippen LogP contribution >= 0.6 is 0 Å². The fourth-order valence-corrected chi connectivity index (χ4v) is 5.40. The van der Waals surface area contributed by atoms with Crippen molar-refractivity contribution in [3.8, 4) is 0 Å². The first kappa shape index (κ1) is 39.8. The minimum Gasteiger partial charge on any atom is -0.466 e. The number of methoxy groups -OCH3 is 1. The number of rotatable bonds is 33. The van der Waals surface area contributed by atoms with Crippen LogP contribution in [-0.4, -0.2) is 70.2 Å². The molecule has 254 valence electrons. The van der Waals surface area contributed by atoms with Gasteiger partial charge in [-0.05, 0) is 58.2 Å². The van der Waals surface area contributed by atoms with E-state index in [0.29, 0.717) is 50.5 Å². The third kappa shape index (κ3) is 19.9. The molecular weight excluding hydrogens is 558 g/mol. The summed E-state index contributed by atoms with van der Waals surface area (Å²) in [5.41, 5.74) is -0.133. The molecule has 9 nitrogen and oxygen atoms in total. The highest BCUT2D eigenvalue weighted by Gasteiger charge is 2.20. The maximum atomic E-state index is 12.0. The first-order chi connectivity index (χ1) is 21.5. The lowest BCUT2D eigenvalue weighted by molar-refractivity contribution is -0.143. The summed E-state index contributed by atoms with van der Waals surface area (Å²) in [6, 6.07) is 0. The Hall–Kier alpha value is -2.26. The molecule has 0 atom stereocenters. The molecule has 2 N–H and O–H groups in total. The Morgan fingerprint density at radius 1 is 0.659 bits per heavy atom. The van der Waals surface area contributed by atoms with Gasteiger partial charge in [-0.15, -0.1) is 0 Å². The van der Waals surface area contributed by atoms with E-state index in [-0.39, 0.29) is 5.97 Å². The average molecular weight is 622 g/mol. The lowest BCUT2D eigenvalue weighted by Crippen LogP contribution is -2.38. The number of anilines is 2. The second-order valence-corrected chi connectivity index (χ2v) is 12.0. The van der Waals surface area contributed by atoms with Gasteiger partial charge >= 0.3 is 5.97 Å². The Labute approximate surface area is 266 Å². The van der Waals surface area contributed by atoms with Gasteiger partial charge in [-0.25, -0.2) is 0 Å². The molecule has 0 aliphatic rings. The van der Waals surface area contributed by atoms with E-state index in [4.69, 9.17) is 9.47 Å². The van der Waals surface area contributed by atoms with Gasteiger partial charge < -0.3 is 29.8 Å². The number of ether oxygens (including phenoxy) is 2. The van der Waals surface area contributed by atoms with Gasteiger partial charge in [0.05, 0.1) is 13.2 Å². The molecule has 0 fully saturated rings. The maximum absolute atomic E-state index is 12.0. The van der Waals surface area contributed by atoms with Crippen molar-refractivity contribution in [1.29, 1.82) is 0 Å². The molecular formula is C35H63N3O6. The highest BCUT2D eigenvalue weighted by molar-refractivity contribution is 5.73. The van der Waals surface area contributed by atoms with E-state index in [1.165, 1.54) is 38.5 Å². The normalized spacial score (nSPS) is 11.3. The largest absolute Gasteiger partial charge is 0.466 e. The summed E-state index contributed by atoms with van der Waals surface area (Å²) < 4.78 is 10.4. The van der Waals surface area contributed by atoms with Crippen LogP contribution in [0.1, 0.15) is 135 Å². The van der Waals surface area contributed by atoms with E-state index in [2.05, 4.69) is 22.5 Å². The number of hydrogen-bond acceptors (Lipinski definition) is 9. The molecule has 0 spiro atoms. The van der Waals surface area contributed by atoms with Gasteiger partial charge in [0.25, 0.3) is 10.9 Å². The van der Waals surface area contributed by atoms with Crippen LogP contribution in [0.25, 0.3) is 0 Å². The predicted octanol–water partition coefficient (Wildman–Crippen LogP) is 6.62. The van der Waals surface area contributed by atoms with Crippen LogP contribution in [0.15, 0.2) is 9.59 Å². The van der Waals surface area contributed by atoms with Crippen molar-refractivity contribution in [3.63, 3.8) is 0 Å². The molecule has 0 heterocycles. The van der Waals surface area contributed by atoms with Crippen LogP contribution in [0.3, 0.4) is 0 Å². The smallest absolute Gasteiger partial charge is 0.305 e. The number of aldehydes is 1. The van der Waals surface area contributed by atoms with Crippen LogP contribution in [0, 0.1) is 0 Å². The number of hydrogen-bond donors (Lipinski definition) is 2. The van der Waals surface area contributed by atoms with E-state index in [9.17, 15) is 19.2 Å². The fraction of sp³-hybridized carbons (Fsp3) is 0.829. The van der Waals surface area contributed by atoms with Gasteiger partial charge in [-0.1, -0.05) is 84.0 Å². The average Bonchev–Trinajstić information content (AvgIpc) is 3.03. The maximum Gasteiger partial charge on any atom is 0.305 e. The second-order valence-electron chi connectivity index (χ2n) is 12.0. The zero-order valence-electron chi connectivity index (χ0n) is 28.1. The number of carbonyl (C=O) groups is 2. The van der Waals surface area contributed by atoms with Crippen LogP contribution < -0.4 is 21.5 Å². The minimum atomic E-state index is -0.459. The van der Waals surface area contributed by atoms with E-state index < -0.39 is 10.9 Å². The van der Waals surface area contributed by atoms with Crippen LogP contribution in [0.5, 0.6) is 0 Å². The Balaban J connectivity index is 2.24. The number of carbonyl (C=O) groups excluding carboxylic acids is 2. The van der Waals surface area contributed by atoms with Crippen molar-refractivity contribution in [2.75, 3.05) is 63.7 Å². The van der Waals surface area contributed by atoms with Gasteiger partial charge in [0.1, 0.15) is 17.7 Å². The van der Waals surface area contributed by atoms with Crippen LogP contribution in [-0.2, 0) is 19.1 Å². The summed E-state index contributed by atoms with van der Waals surface area (Å²) in [5, 5.41) is 6.16. The van der Waals surface area contributed by atoms with Crippen molar-refractivity contribution in [2.24, 2.45) is 0 Å². The summed E-state index contributed by atoms with van der Waals surface area (Å²) in [6.45, 7) is 7.41. The van der Waals surface area contributed by atoms with E-state index >= 15 is 0 Å². The highest BCUT2D eigenvalue weighted by atomic mass is 16.5. The zero-order valence-corrected chi connectivity index (χ0v) is 28.1. The van der Waals surface area contributed by atoms with Crippen molar-refractivity contribution < 1.29 is 19.1 Å². The van der Waals surface area contributed by atoms with Gasteiger partial charge in [0.15, 0.2) is 0 Å². The third-order valence-corrected chi connectivity index (χ3v) is 8.13. The number of nitrogens with one attached hydrogen (secondary N) is 2. The Kier molecular flexibility index (Phi) is 25.5. The second kappa shape index (κ2) is 28.2. The van der Waals surface area contributed by atoms with Crippen molar-refractivity contribution in [1.82, 2.24) is 4.90 Å². The van der Waals surface area contributed by atoms with Crippen molar-refractivity contribution in [3.05, 3.63) is 20.4 Å². The lowest BCUT2D eigenvalue weighted by Gasteiger charge is -2.23. The topological polar surface area (TPSA) is 114 Å². The molecule has 0 bridgehead atoms. The number of nitrogens with zero attached hydrogens (tertiary/aromatic N) is 1. The molecule has 0 saturated carbocycles. The number of unbranched alkanes of at least 4 members (excludes halogenated alkanes) is 15. The van der Waals surface area contributed by atoms with Gasteiger partial charge in [-0.3, -0.25) is 14.4 Å². The third-order valence-electron chi connectivity index (χ3n) is 8.13. The van der Waals surface area contributed by atoms with Crippen molar-refractivity contribution >= 4 is 23.6 Å². The Morgan fingerprint density at radius 2 is 1.18 bits per heavy atom. The molecule has 0 unspecified atom stereocenters. The highest BCUT2D eigenvalue weighted by Crippen LogP contribution is 2.15. The van der Waals surface area contributed by atoms with E-state index in [1.54, 1.807) is 7.11 Å². The summed E-state index contributed by atoms with van der Waals surface area (Å²) in [4.78, 5) is 48.9. The molecule has 0 amide bonds. The van der Waals surface area contributed by atoms with Crippen molar-refractivity contribution in [2.45, 2.75) is 135 Å². The van der Waals surface area contributed by atoms with E-state index in [0.717, 1.165) is 103 Å². The molecule has 44 heavy (non-hydrogen) atoms. The molecule has 0 radical (unpaired) electrons. The predicted molar refractivity (Wildman–Crippen MR) is 182 cm³/mol. The first-order valence-corrected chi connectivity index (χ1v) is 17.7. The molecule has 0 aromatic heterocycles. The van der Waals surface area contributed by atoms with Crippen LogP contribution in [0.2, 0.25) is 0 Å². The lowest BCUT2D eigenvalue weighted by atomic mass is 10.1. The molecule has 1 rings (SSSR count). The minimum absolute atomic E-state index is 0.0523. The summed E-state index contributed by atoms with van der Waals surface area (Å²) >= 11 is 0. The van der Waals surface area contributed by atoms with E-state index in [1.807, 2.05) is 0 Å². The molecule has 0 aliphatic carbocycles. The number of esters is 1. The summed E-state index contributed by atoms with van der Waals surface area (Å²) in [6.07, 6.45) is 22.5. The standard InChI is InChI=1S/C35H63N3O6/c1-3-4-5-6-9-15-20-29-44-31(40)22-16-11-10-13-18-26-38(25-17-12-7-8-14-19-28-39)27-21-23-36-32-33(35(42)34(32)41)37-24-30-43-2/h28,36-37H,3-27,29-30H2,1-2H3. The summed E-state index contributed by atoms with van der Waals surface area (Å²) in [5.74, 6) is -0.0523. The monoisotopic (exact) mass is 621 g/mol. The molecule has 0 saturated heterocycles. The fourth-order valence-electron chi connectivity index (χ4n) is 5.40. The van der Waals surface area contributed by atoms with Gasteiger partial charge in [-0.2, -0.15) is 0 Å². The van der Waals surface area contributed by atoms with Gasteiger partial charge in [0, 0.05) is 33.0 Å². The summed E-state index contributed by atoms with van der Waals surface area (Å²) in [7, 11) is 1.60. The van der Waals surface area contributed by atoms with Gasteiger partial charge in [0.2, 0.25) is 0 Å². The molecule has 1 aromatic rings. The quantitative estimate of drug-likeness (QED) is 0.0387. The zero-order chi connectivity index (χ0) is 32.1. The van der Waals surface area contributed by atoms with Crippen LogP contribution in [0.4, 0.5) is 11.4 Å². The SMILES string of the molecule is CCCCCCCCCOC(=O)CCCCCCCN(CCCCCCCC=O)CCCNc1c(NCCOC)c(=O)c1=O. The Bertz CT molecular complexity index is 915. The first-order valence-electron chi connectivity index (χ1n) is 17.7. The molecule has 9 heteroatoms. The molecule has 0 aliphatic heterocycles. The molecule has 1 aromatic carbocycles. The Morgan fingerprint density at radius 3 is 1.80 bits per heavy atom.